The molecule has 0 amide bonds. The fourth-order valence-corrected chi connectivity index (χ4v) is 3.69. The second kappa shape index (κ2) is 5.74. The first-order chi connectivity index (χ1) is 9.41. The van der Waals surface area contributed by atoms with E-state index in [1.165, 1.54) is 6.42 Å². The third-order valence-electron chi connectivity index (χ3n) is 4.73. The standard InChI is InChI=1S/C17H27NO2/c1-16(13-18(2)3)10-5-6-11-17(16,19)14-8-7-9-15(12-14)20-4/h7-9,12,19H,5-6,10-11,13H2,1-4H3/t16-,17+/m1/s1. The fourth-order valence-electron chi connectivity index (χ4n) is 3.69. The molecule has 0 heterocycles. The number of ether oxygens (including phenoxy) is 1. The second-order valence-corrected chi connectivity index (χ2v) is 6.60. The first kappa shape index (κ1) is 15.3. The highest BCUT2D eigenvalue weighted by molar-refractivity contribution is 5.34. The molecule has 1 aromatic rings. The summed E-state index contributed by atoms with van der Waals surface area (Å²) in [6.07, 6.45) is 4.15. The smallest absolute Gasteiger partial charge is 0.119 e. The molecule has 0 unspecified atom stereocenters. The Morgan fingerprint density at radius 2 is 1.95 bits per heavy atom. The summed E-state index contributed by atoms with van der Waals surface area (Å²) in [5.41, 5.74) is 0.0893. The average Bonchev–Trinajstić information content (AvgIpc) is 2.41. The molecule has 1 aliphatic carbocycles. The van der Waals surface area contributed by atoms with E-state index in [2.05, 4.69) is 25.9 Å². The average molecular weight is 277 g/mol. The van der Waals surface area contributed by atoms with E-state index in [4.69, 9.17) is 4.74 Å². The second-order valence-electron chi connectivity index (χ2n) is 6.60. The van der Waals surface area contributed by atoms with Crippen molar-refractivity contribution >= 4 is 0 Å². The number of rotatable bonds is 4. The lowest BCUT2D eigenvalue weighted by Crippen LogP contribution is -2.51. The summed E-state index contributed by atoms with van der Waals surface area (Å²) in [7, 11) is 5.82. The summed E-state index contributed by atoms with van der Waals surface area (Å²) in [5.74, 6) is 0.814. The maximum absolute atomic E-state index is 11.4. The van der Waals surface area contributed by atoms with Crippen molar-refractivity contribution in [3.63, 3.8) is 0 Å². The molecule has 2 rings (SSSR count). The maximum Gasteiger partial charge on any atom is 0.119 e. The van der Waals surface area contributed by atoms with E-state index >= 15 is 0 Å². The van der Waals surface area contributed by atoms with E-state index in [1.807, 2.05) is 24.3 Å². The molecule has 0 radical (unpaired) electrons. The van der Waals surface area contributed by atoms with Crippen LogP contribution < -0.4 is 4.74 Å². The van der Waals surface area contributed by atoms with Crippen molar-refractivity contribution in [2.24, 2.45) is 5.41 Å². The van der Waals surface area contributed by atoms with Crippen LogP contribution in [0.5, 0.6) is 5.75 Å². The SMILES string of the molecule is COc1cccc([C@@]2(O)CCCC[C@]2(C)CN(C)C)c1. The van der Waals surface area contributed by atoms with Gasteiger partial charge in [-0.25, -0.2) is 0 Å². The highest BCUT2D eigenvalue weighted by Gasteiger charge is 2.49. The molecule has 0 aromatic heterocycles. The van der Waals surface area contributed by atoms with Crippen LogP contribution in [0.3, 0.4) is 0 Å². The minimum absolute atomic E-state index is 0.124. The summed E-state index contributed by atoms with van der Waals surface area (Å²) in [6.45, 7) is 3.10. The molecule has 1 N–H and O–H groups in total. The summed E-state index contributed by atoms with van der Waals surface area (Å²) in [5, 5.41) is 11.4. The predicted octanol–water partition coefficient (Wildman–Crippen LogP) is 3.02. The molecule has 0 saturated heterocycles. The van der Waals surface area contributed by atoms with Gasteiger partial charge in [0.2, 0.25) is 0 Å². The van der Waals surface area contributed by atoms with Crippen LogP contribution >= 0.6 is 0 Å². The third kappa shape index (κ3) is 2.70. The van der Waals surface area contributed by atoms with Crippen molar-refractivity contribution in [2.75, 3.05) is 27.7 Å². The number of methoxy groups -OCH3 is 1. The third-order valence-corrected chi connectivity index (χ3v) is 4.73. The molecule has 2 atom stereocenters. The number of hydrogen-bond acceptors (Lipinski definition) is 3. The molecule has 20 heavy (non-hydrogen) atoms. The molecule has 0 bridgehead atoms. The molecule has 1 aromatic carbocycles. The quantitative estimate of drug-likeness (QED) is 0.918. The van der Waals surface area contributed by atoms with Gasteiger partial charge in [-0.1, -0.05) is 31.9 Å². The van der Waals surface area contributed by atoms with Gasteiger partial charge >= 0.3 is 0 Å². The zero-order valence-electron chi connectivity index (χ0n) is 13.1. The van der Waals surface area contributed by atoms with Crippen LogP contribution in [0.4, 0.5) is 0 Å². The van der Waals surface area contributed by atoms with Crippen molar-refractivity contribution < 1.29 is 9.84 Å². The lowest BCUT2D eigenvalue weighted by molar-refractivity contribution is -0.121. The van der Waals surface area contributed by atoms with Crippen LogP contribution in [0.25, 0.3) is 0 Å². The minimum atomic E-state index is -0.774. The Hall–Kier alpha value is -1.06. The van der Waals surface area contributed by atoms with E-state index < -0.39 is 5.60 Å². The van der Waals surface area contributed by atoms with E-state index in [0.717, 1.165) is 37.1 Å². The molecule has 0 spiro atoms. The lowest BCUT2D eigenvalue weighted by Gasteiger charge is -2.50. The molecular weight excluding hydrogens is 250 g/mol. The van der Waals surface area contributed by atoms with E-state index in [9.17, 15) is 5.11 Å². The Kier molecular flexibility index (Phi) is 4.40. The van der Waals surface area contributed by atoms with Gasteiger partial charge in [-0.15, -0.1) is 0 Å². The zero-order chi connectivity index (χ0) is 14.8. The van der Waals surface area contributed by atoms with Gasteiger partial charge in [0.1, 0.15) is 5.75 Å². The fraction of sp³-hybridized carbons (Fsp3) is 0.647. The Labute approximate surface area is 122 Å². The highest BCUT2D eigenvalue weighted by Crippen LogP contribution is 2.51. The van der Waals surface area contributed by atoms with Gasteiger partial charge in [-0.3, -0.25) is 0 Å². The number of aliphatic hydroxyl groups is 1. The summed E-state index contributed by atoms with van der Waals surface area (Å²) in [4.78, 5) is 2.18. The number of hydrogen-bond donors (Lipinski definition) is 1. The van der Waals surface area contributed by atoms with Crippen LogP contribution in [0.2, 0.25) is 0 Å². The Bertz CT molecular complexity index is 460. The van der Waals surface area contributed by atoms with Crippen molar-refractivity contribution in [3.8, 4) is 5.75 Å². The summed E-state index contributed by atoms with van der Waals surface area (Å²) in [6, 6.07) is 7.91. The topological polar surface area (TPSA) is 32.7 Å². The van der Waals surface area contributed by atoms with E-state index in [1.54, 1.807) is 7.11 Å². The van der Waals surface area contributed by atoms with Crippen LogP contribution in [-0.4, -0.2) is 37.8 Å². The van der Waals surface area contributed by atoms with E-state index in [0.29, 0.717) is 0 Å². The lowest BCUT2D eigenvalue weighted by atomic mass is 9.61. The van der Waals surface area contributed by atoms with Crippen molar-refractivity contribution in [2.45, 2.75) is 38.2 Å². The molecule has 112 valence electrons. The summed E-state index contributed by atoms with van der Waals surface area (Å²) < 4.78 is 5.32. The normalized spacial score (nSPS) is 30.5. The van der Waals surface area contributed by atoms with Crippen molar-refractivity contribution in [1.29, 1.82) is 0 Å². The molecule has 1 fully saturated rings. The van der Waals surface area contributed by atoms with Gasteiger partial charge in [-0.05, 0) is 44.6 Å². The zero-order valence-corrected chi connectivity index (χ0v) is 13.1. The van der Waals surface area contributed by atoms with Crippen molar-refractivity contribution in [1.82, 2.24) is 4.90 Å². The number of benzene rings is 1. The van der Waals surface area contributed by atoms with Crippen LogP contribution in [0.15, 0.2) is 24.3 Å². The first-order valence-electron chi connectivity index (χ1n) is 7.43. The van der Waals surface area contributed by atoms with Gasteiger partial charge in [-0.2, -0.15) is 0 Å². The minimum Gasteiger partial charge on any atom is -0.497 e. The summed E-state index contributed by atoms with van der Waals surface area (Å²) >= 11 is 0. The Morgan fingerprint density at radius 1 is 1.25 bits per heavy atom. The van der Waals surface area contributed by atoms with Gasteiger partial charge in [0, 0.05) is 12.0 Å². The number of nitrogens with zero attached hydrogens (tertiary/aromatic N) is 1. The van der Waals surface area contributed by atoms with Crippen LogP contribution in [0.1, 0.15) is 38.2 Å². The molecule has 0 aliphatic heterocycles. The highest BCUT2D eigenvalue weighted by atomic mass is 16.5. The van der Waals surface area contributed by atoms with Gasteiger partial charge in [0.25, 0.3) is 0 Å². The molecular formula is C17H27NO2. The predicted molar refractivity (Wildman–Crippen MR) is 82.0 cm³/mol. The van der Waals surface area contributed by atoms with Crippen molar-refractivity contribution in [3.05, 3.63) is 29.8 Å². The molecule has 1 saturated carbocycles. The van der Waals surface area contributed by atoms with Crippen LogP contribution in [0, 0.1) is 5.41 Å². The van der Waals surface area contributed by atoms with Crippen LogP contribution in [-0.2, 0) is 5.60 Å². The monoisotopic (exact) mass is 277 g/mol. The largest absolute Gasteiger partial charge is 0.497 e. The maximum atomic E-state index is 11.4. The Balaban J connectivity index is 2.41. The molecule has 1 aliphatic rings. The Morgan fingerprint density at radius 3 is 2.60 bits per heavy atom. The first-order valence-corrected chi connectivity index (χ1v) is 7.43. The van der Waals surface area contributed by atoms with Gasteiger partial charge in [0.15, 0.2) is 0 Å². The molecule has 3 heteroatoms. The molecule has 3 nitrogen and oxygen atoms in total. The van der Waals surface area contributed by atoms with Gasteiger partial charge < -0.3 is 14.7 Å². The van der Waals surface area contributed by atoms with E-state index in [-0.39, 0.29) is 5.41 Å². The van der Waals surface area contributed by atoms with Gasteiger partial charge in [0.05, 0.1) is 12.7 Å².